The number of halogens is 1. The van der Waals surface area contributed by atoms with E-state index in [-0.39, 0.29) is 11.9 Å². The van der Waals surface area contributed by atoms with Gasteiger partial charge in [0.15, 0.2) is 0 Å². The number of urea groups is 1. The van der Waals surface area contributed by atoms with Gasteiger partial charge in [0, 0.05) is 22.6 Å². The normalized spacial score (nSPS) is 11.7. The maximum atomic E-state index is 12.8. The molecule has 0 aromatic heterocycles. The summed E-state index contributed by atoms with van der Waals surface area (Å²) in [6.07, 6.45) is 1.94. The van der Waals surface area contributed by atoms with Crippen LogP contribution in [-0.2, 0) is 0 Å². The minimum absolute atomic E-state index is 0.0240. The van der Waals surface area contributed by atoms with Crippen molar-refractivity contribution in [3.05, 3.63) is 101 Å². The average Bonchev–Trinajstić information content (AvgIpc) is 2.76. The van der Waals surface area contributed by atoms with Gasteiger partial charge in [-0.15, -0.1) is 6.58 Å². The first-order valence-corrected chi connectivity index (χ1v) is 11.6. The number of anilines is 3. The zero-order valence-corrected chi connectivity index (χ0v) is 20.4. The molecular weight excluding hydrogens is 462 g/mol. The number of nitrogens with one attached hydrogen (secondary N) is 3. The molecule has 2 amide bonds. The zero-order valence-electron chi connectivity index (χ0n) is 18.8. The van der Waals surface area contributed by atoms with Gasteiger partial charge in [-0.2, -0.15) is 0 Å². The third kappa shape index (κ3) is 6.24. The van der Waals surface area contributed by atoms with Gasteiger partial charge in [-0.05, 0) is 48.2 Å². The van der Waals surface area contributed by atoms with E-state index in [0.29, 0.717) is 11.6 Å². The molecule has 0 saturated carbocycles. The van der Waals surface area contributed by atoms with E-state index in [2.05, 4.69) is 70.5 Å². The molecule has 0 aliphatic heterocycles. The van der Waals surface area contributed by atoms with Crippen LogP contribution in [0, 0.1) is 12.8 Å². The molecule has 0 radical (unpaired) electrons. The van der Waals surface area contributed by atoms with E-state index in [1.165, 1.54) is 0 Å². The number of carbonyl (C=O) groups is 1. The van der Waals surface area contributed by atoms with Crippen molar-refractivity contribution in [2.75, 3.05) is 22.5 Å². The molecule has 3 aromatic rings. The maximum Gasteiger partial charge on any atom is 0.323 e. The molecule has 166 valence electrons. The molecule has 32 heavy (non-hydrogen) atoms. The summed E-state index contributed by atoms with van der Waals surface area (Å²) in [6.45, 7) is 11.2. The largest absolute Gasteiger partial charge is 0.383 e. The fourth-order valence-electron chi connectivity index (χ4n) is 3.50. The summed E-state index contributed by atoms with van der Waals surface area (Å²) in [4.78, 5) is 12.8. The Bertz CT molecular complexity index is 1060. The smallest absolute Gasteiger partial charge is 0.323 e. The predicted molar refractivity (Wildman–Crippen MR) is 140 cm³/mol. The minimum Gasteiger partial charge on any atom is -0.383 e. The van der Waals surface area contributed by atoms with Crippen molar-refractivity contribution in [1.29, 1.82) is 0 Å². The van der Waals surface area contributed by atoms with Crippen LogP contribution < -0.4 is 16.0 Å². The molecule has 0 heterocycles. The van der Waals surface area contributed by atoms with E-state index in [9.17, 15) is 4.79 Å². The van der Waals surface area contributed by atoms with Crippen molar-refractivity contribution in [2.24, 2.45) is 5.92 Å². The lowest BCUT2D eigenvalue weighted by Crippen LogP contribution is -2.21. The van der Waals surface area contributed by atoms with Gasteiger partial charge in [0.25, 0.3) is 0 Å². The molecule has 0 fully saturated rings. The molecular formula is C27H30BrN3O. The number of allylic oxidation sites excluding steroid dienone is 1. The second kappa shape index (κ2) is 11.0. The van der Waals surface area contributed by atoms with Crippen molar-refractivity contribution in [2.45, 2.75) is 26.7 Å². The predicted octanol–water partition coefficient (Wildman–Crippen LogP) is 7.79. The number of hydrogen-bond acceptors (Lipinski definition) is 2. The first-order valence-electron chi connectivity index (χ1n) is 10.8. The van der Waals surface area contributed by atoms with E-state index < -0.39 is 0 Å². The van der Waals surface area contributed by atoms with Crippen molar-refractivity contribution in [3.8, 4) is 0 Å². The number of hydrogen-bond donors (Lipinski definition) is 3. The zero-order chi connectivity index (χ0) is 23.1. The summed E-state index contributed by atoms with van der Waals surface area (Å²) in [5.74, 6) is 0.420. The Hall–Kier alpha value is -3.05. The van der Waals surface area contributed by atoms with Crippen molar-refractivity contribution >= 4 is 39.0 Å². The second-order valence-corrected chi connectivity index (χ2v) is 9.18. The Morgan fingerprint density at radius 1 is 1.03 bits per heavy atom. The fraction of sp³-hybridized carbons (Fsp3) is 0.222. The number of amides is 2. The molecule has 5 heteroatoms. The minimum atomic E-state index is -0.291. The van der Waals surface area contributed by atoms with Gasteiger partial charge in [0.2, 0.25) is 0 Å². The molecule has 4 nitrogen and oxygen atoms in total. The van der Waals surface area contributed by atoms with Crippen LogP contribution in [0.25, 0.3) is 0 Å². The topological polar surface area (TPSA) is 53.2 Å². The lowest BCUT2D eigenvalue weighted by molar-refractivity contribution is 0.262. The molecule has 1 atom stereocenters. The summed E-state index contributed by atoms with van der Waals surface area (Å²) >= 11 is 3.63. The van der Waals surface area contributed by atoms with E-state index in [4.69, 9.17) is 0 Å². The van der Waals surface area contributed by atoms with Crippen LogP contribution in [0.2, 0.25) is 0 Å². The highest BCUT2D eigenvalue weighted by atomic mass is 79.9. The standard InChI is InChI=1S/C27H30BrN3O/c1-5-23(20-9-7-6-8-10-20)24-15-21(28)16-25(26(24)29-17-18(2)3)31-27(32)30-22-13-11-19(4)12-14-22/h5-16,18,23,29H,1,17H2,2-4H3,(H2,30,31,32). The number of benzene rings is 3. The average molecular weight is 492 g/mol. The molecule has 0 spiro atoms. The van der Waals surface area contributed by atoms with Crippen LogP contribution in [0.15, 0.2) is 83.9 Å². The molecule has 3 N–H and O–H groups in total. The monoisotopic (exact) mass is 491 g/mol. The fourth-order valence-corrected chi connectivity index (χ4v) is 3.98. The first kappa shape index (κ1) is 23.6. The Balaban J connectivity index is 1.97. The third-order valence-electron chi connectivity index (χ3n) is 5.11. The lowest BCUT2D eigenvalue weighted by atomic mass is 9.89. The van der Waals surface area contributed by atoms with Crippen LogP contribution in [-0.4, -0.2) is 12.6 Å². The number of rotatable bonds is 8. The van der Waals surface area contributed by atoms with E-state index >= 15 is 0 Å². The third-order valence-corrected chi connectivity index (χ3v) is 5.57. The van der Waals surface area contributed by atoms with Crippen LogP contribution >= 0.6 is 15.9 Å². The van der Waals surface area contributed by atoms with Gasteiger partial charge in [-0.25, -0.2) is 4.79 Å². The Morgan fingerprint density at radius 3 is 2.34 bits per heavy atom. The lowest BCUT2D eigenvalue weighted by Gasteiger charge is -2.23. The summed E-state index contributed by atoms with van der Waals surface area (Å²) in [5.41, 5.74) is 5.68. The molecule has 1 unspecified atom stereocenters. The van der Waals surface area contributed by atoms with Gasteiger partial charge in [-0.3, -0.25) is 0 Å². The molecule has 3 rings (SSSR count). The van der Waals surface area contributed by atoms with Crippen LogP contribution in [0.5, 0.6) is 0 Å². The molecule has 3 aromatic carbocycles. The van der Waals surface area contributed by atoms with Gasteiger partial charge in [0.05, 0.1) is 11.4 Å². The van der Waals surface area contributed by atoms with Crippen molar-refractivity contribution in [3.63, 3.8) is 0 Å². The highest BCUT2D eigenvalue weighted by Gasteiger charge is 2.20. The second-order valence-electron chi connectivity index (χ2n) is 8.26. The molecule has 0 aliphatic carbocycles. The Labute approximate surface area is 199 Å². The summed E-state index contributed by atoms with van der Waals surface area (Å²) < 4.78 is 0.885. The SMILES string of the molecule is C=CC(c1ccccc1)c1cc(Br)cc(NC(=O)Nc2ccc(C)cc2)c1NCC(C)C. The van der Waals surface area contributed by atoms with Gasteiger partial charge in [0.1, 0.15) is 0 Å². The van der Waals surface area contributed by atoms with Crippen molar-refractivity contribution in [1.82, 2.24) is 0 Å². The van der Waals surface area contributed by atoms with Gasteiger partial charge < -0.3 is 16.0 Å². The molecule has 0 aliphatic rings. The van der Waals surface area contributed by atoms with Gasteiger partial charge in [-0.1, -0.05) is 83.9 Å². The summed E-state index contributed by atoms with van der Waals surface area (Å²) in [7, 11) is 0. The van der Waals surface area contributed by atoms with Crippen LogP contribution in [0.1, 0.15) is 36.5 Å². The number of aryl methyl sites for hydroxylation is 1. The van der Waals surface area contributed by atoms with E-state index in [1.54, 1.807) is 0 Å². The quantitative estimate of drug-likeness (QED) is 0.281. The first-order chi connectivity index (χ1) is 15.4. The molecule has 0 bridgehead atoms. The van der Waals surface area contributed by atoms with Crippen LogP contribution in [0.3, 0.4) is 0 Å². The van der Waals surface area contributed by atoms with Crippen molar-refractivity contribution < 1.29 is 4.79 Å². The Kier molecular flexibility index (Phi) is 8.12. The summed E-state index contributed by atoms with van der Waals surface area (Å²) in [5, 5.41) is 9.50. The highest BCUT2D eigenvalue weighted by Crippen LogP contribution is 2.39. The Morgan fingerprint density at radius 2 is 1.72 bits per heavy atom. The van der Waals surface area contributed by atoms with Crippen LogP contribution in [0.4, 0.5) is 21.9 Å². The molecule has 0 saturated heterocycles. The van der Waals surface area contributed by atoms with E-state index in [1.807, 2.05) is 61.5 Å². The summed E-state index contributed by atoms with van der Waals surface area (Å²) in [6, 6.07) is 21.7. The number of carbonyl (C=O) groups excluding carboxylic acids is 1. The maximum absolute atomic E-state index is 12.8. The van der Waals surface area contributed by atoms with E-state index in [0.717, 1.165) is 39.1 Å². The van der Waals surface area contributed by atoms with Gasteiger partial charge >= 0.3 is 6.03 Å². The highest BCUT2D eigenvalue weighted by molar-refractivity contribution is 9.10.